The van der Waals surface area contributed by atoms with Gasteiger partial charge in [-0.2, -0.15) is 10.1 Å². The van der Waals surface area contributed by atoms with E-state index in [9.17, 15) is 25.0 Å². The van der Waals surface area contributed by atoms with E-state index in [4.69, 9.17) is 4.74 Å². The van der Waals surface area contributed by atoms with E-state index in [1.807, 2.05) is 60.9 Å². The first-order chi connectivity index (χ1) is 19.1. The Balaban J connectivity index is 1.40. The van der Waals surface area contributed by atoms with Gasteiger partial charge in [-0.15, -0.1) is 0 Å². The number of hydrogen-bond donors (Lipinski definition) is 0. The van der Waals surface area contributed by atoms with Crippen molar-refractivity contribution >= 4 is 34.8 Å². The number of nitro benzene ring substituents is 2. The first kappa shape index (κ1) is 26.0. The lowest BCUT2D eigenvalue weighted by Gasteiger charge is -2.12. The molecule has 1 aromatic heterocycles. The van der Waals surface area contributed by atoms with Crippen LogP contribution in [0.15, 0.2) is 89.5 Å². The summed E-state index contributed by atoms with van der Waals surface area (Å²) in [4.78, 5) is 34.1. The van der Waals surface area contributed by atoms with Gasteiger partial charge in [0.25, 0.3) is 11.6 Å². The van der Waals surface area contributed by atoms with Gasteiger partial charge in [0.2, 0.25) is 5.75 Å². The molecule has 11 nitrogen and oxygen atoms in total. The first-order valence-corrected chi connectivity index (χ1v) is 12.2. The van der Waals surface area contributed by atoms with Gasteiger partial charge >= 0.3 is 5.69 Å². The number of nitrogens with zero attached hydrogens (tertiary/aromatic N) is 5. The summed E-state index contributed by atoms with van der Waals surface area (Å²) < 4.78 is 7.70. The summed E-state index contributed by atoms with van der Waals surface area (Å²) in [7, 11) is 0. The van der Waals surface area contributed by atoms with Crippen molar-refractivity contribution in [2.45, 2.75) is 20.8 Å². The Morgan fingerprint density at radius 1 is 0.850 bits per heavy atom. The molecule has 1 aliphatic rings. The maximum Gasteiger partial charge on any atom is 0.318 e. The van der Waals surface area contributed by atoms with Crippen LogP contribution in [0.25, 0.3) is 11.8 Å². The van der Waals surface area contributed by atoms with Crippen molar-refractivity contribution in [1.82, 2.24) is 4.57 Å². The molecule has 0 fully saturated rings. The van der Waals surface area contributed by atoms with Crippen LogP contribution in [0.5, 0.6) is 11.5 Å². The molecular formula is C29H23N5O6. The number of carbonyl (C=O) groups is 1. The predicted octanol–water partition coefficient (Wildman–Crippen LogP) is 6.51. The summed E-state index contributed by atoms with van der Waals surface area (Å²) in [6.45, 7) is 5.71. The molecule has 0 radical (unpaired) electrons. The molecule has 11 heteroatoms. The number of para-hydroxylation sites is 1. The number of nitro groups is 2. The number of hydrazone groups is 1. The van der Waals surface area contributed by atoms with Crippen LogP contribution in [-0.2, 0) is 4.79 Å². The van der Waals surface area contributed by atoms with Crippen LogP contribution in [0.2, 0.25) is 0 Å². The van der Waals surface area contributed by atoms with Gasteiger partial charge in [-0.1, -0.05) is 18.2 Å². The monoisotopic (exact) mass is 537 g/mol. The summed E-state index contributed by atoms with van der Waals surface area (Å²) in [5.74, 6) is 0.0265. The Morgan fingerprint density at radius 2 is 1.55 bits per heavy atom. The molecule has 0 aliphatic carbocycles. The second-order valence-corrected chi connectivity index (χ2v) is 9.12. The lowest BCUT2D eigenvalue weighted by molar-refractivity contribution is -0.394. The number of hydrogen-bond acceptors (Lipinski definition) is 7. The average Bonchev–Trinajstić information content (AvgIpc) is 3.38. The van der Waals surface area contributed by atoms with Gasteiger partial charge in [-0.05, 0) is 80.9 Å². The quantitative estimate of drug-likeness (QED) is 0.150. The molecule has 0 saturated heterocycles. The molecule has 0 bridgehead atoms. The number of carbonyl (C=O) groups excluding carboxylic acids is 1. The zero-order chi connectivity index (χ0) is 28.6. The highest BCUT2D eigenvalue weighted by atomic mass is 16.6. The highest BCUT2D eigenvalue weighted by Gasteiger charge is 2.29. The minimum absolute atomic E-state index is 0.103. The molecular weight excluding hydrogens is 514 g/mol. The molecule has 0 saturated carbocycles. The van der Waals surface area contributed by atoms with Crippen molar-refractivity contribution in [2.75, 3.05) is 5.01 Å². The SMILES string of the molecule is CC1=NN(c2ccccc2)C(=O)/C1=C/c1cc(C)n(-c2ccc(Oc3ccc([N+](=O)[O-])cc3[N+](=O)[O-])cc2)c1C. The van der Waals surface area contributed by atoms with Gasteiger partial charge < -0.3 is 9.30 Å². The van der Waals surface area contributed by atoms with Crippen molar-refractivity contribution in [2.24, 2.45) is 5.10 Å². The fourth-order valence-corrected chi connectivity index (χ4v) is 4.55. The lowest BCUT2D eigenvalue weighted by Crippen LogP contribution is -2.21. The van der Waals surface area contributed by atoms with Gasteiger partial charge in [0.05, 0.1) is 32.9 Å². The molecule has 1 amide bonds. The molecule has 4 aromatic rings. The normalized spacial score (nSPS) is 14.0. The van der Waals surface area contributed by atoms with E-state index in [2.05, 4.69) is 5.10 Å². The van der Waals surface area contributed by atoms with E-state index in [-0.39, 0.29) is 11.7 Å². The van der Waals surface area contributed by atoms with Crippen molar-refractivity contribution in [3.8, 4) is 17.2 Å². The summed E-state index contributed by atoms with van der Waals surface area (Å²) >= 11 is 0. The number of aryl methyl sites for hydroxylation is 1. The Bertz CT molecular complexity index is 1720. The highest BCUT2D eigenvalue weighted by molar-refractivity contribution is 6.32. The van der Waals surface area contributed by atoms with Gasteiger partial charge in [0.15, 0.2) is 0 Å². The smallest absolute Gasteiger partial charge is 0.318 e. The second-order valence-electron chi connectivity index (χ2n) is 9.12. The molecule has 40 heavy (non-hydrogen) atoms. The van der Waals surface area contributed by atoms with Crippen molar-refractivity contribution in [1.29, 1.82) is 0 Å². The third-order valence-corrected chi connectivity index (χ3v) is 6.51. The van der Waals surface area contributed by atoms with Crippen LogP contribution in [0.1, 0.15) is 23.9 Å². The van der Waals surface area contributed by atoms with Crippen LogP contribution in [-0.4, -0.2) is 26.0 Å². The van der Waals surface area contributed by atoms with E-state index >= 15 is 0 Å². The number of aromatic nitrogens is 1. The number of rotatable bonds is 7. The van der Waals surface area contributed by atoms with Crippen LogP contribution in [0.4, 0.5) is 17.1 Å². The molecule has 1 aliphatic heterocycles. The maximum atomic E-state index is 13.1. The molecule has 0 spiro atoms. The Hall–Kier alpha value is -5.58. The van der Waals surface area contributed by atoms with Gasteiger partial charge in [-0.3, -0.25) is 25.0 Å². The van der Waals surface area contributed by atoms with Crippen LogP contribution >= 0.6 is 0 Å². The molecule has 200 valence electrons. The van der Waals surface area contributed by atoms with Gasteiger partial charge in [0, 0.05) is 23.1 Å². The predicted molar refractivity (Wildman–Crippen MR) is 150 cm³/mol. The molecule has 5 rings (SSSR count). The number of non-ortho nitro benzene ring substituents is 1. The summed E-state index contributed by atoms with van der Waals surface area (Å²) in [6.07, 6.45) is 1.84. The van der Waals surface area contributed by atoms with Crippen LogP contribution in [0, 0.1) is 34.1 Å². The van der Waals surface area contributed by atoms with Gasteiger partial charge in [-0.25, -0.2) is 0 Å². The van der Waals surface area contributed by atoms with Crippen molar-refractivity contribution in [3.05, 3.63) is 122 Å². The standard InChI is InChI=1S/C29H23N5O6/c1-18-15-21(16-26-19(2)30-32(29(26)35)23-7-5-4-6-8-23)20(3)31(18)22-9-12-25(13-10-22)40-28-14-11-24(33(36)37)17-27(28)34(38)39/h4-17H,1-3H3/b26-16+. The average molecular weight is 538 g/mol. The summed E-state index contributed by atoms with van der Waals surface area (Å²) in [5, 5.41) is 28.3. The molecule has 3 aromatic carbocycles. The van der Waals surface area contributed by atoms with Crippen LogP contribution < -0.4 is 9.75 Å². The number of amides is 1. The van der Waals surface area contributed by atoms with E-state index in [0.29, 0.717) is 22.7 Å². The zero-order valence-electron chi connectivity index (χ0n) is 21.8. The Kier molecular flexibility index (Phi) is 6.70. The van der Waals surface area contributed by atoms with Crippen molar-refractivity contribution in [3.63, 3.8) is 0 Å². The third-order valence-electron chi connectivity index (χ3n) is 6.51. The molecule has 0 unspecified atom stereocenters. The third kappa shape index (κ3) is 4.83. The lowest BCUT2D eigenvalue weighted by atomic mass is 10.1. The number of benzene rings is 3. The molecule has 0 N–H and O–H groups in total. The minimum Gasteiger partial charge on any atom is -0.450 e. The molecule has 0 atom stereocenters. The summed E-state index contributed by atoms with van der Waals surface area (Å²) in [5.41, 5.74) is 4.46. The Labute approximate surface area is 228 Å². The van der Waals surface area contributed by atoms with Crippen LogP contribution in [0.3, 0.4) is 0 Å². The fraction of sp³-hybridized carbons (Fsp3) is 0.103. The fourth-order valence-electron chi connectivity index (χ4n) is 4.55. The topological polar surface area (TPSA) is 133 Å². The number of anilines is 1. The zero-order valence-corrected chi connectivity index (χ0v) is 21.8. The van der Waals surface area contributed by atoms with E-state index < -0.39 is 21.2 Å². The largest absolute Gasteiger partial charge is 0.450 e. The van der Waals surface area contributed by atoms with E-state index in [1.54, 1.807) is 31.2 Å². The molecule has 2 heterocycles. The minimum atomic E-state index is -0.722. The van der Waals surface area contributed by atoms with Crippen molar-refractivity contribution < 1.29 is 19.4 Å². The maximum absolute atomic E-state index is 13.1. The second kappa shape index (κ2) is 10.3. The van der Waals surface area contributed by atoms with E-state index in [0.717, 1.165) is 34.8 Å². The van der Waals surface area contributed by atoms with E-state index in [1.165, 1.54) is 11.1 Å². The van der Waals surface area contributed by atoms with Gasteiger partial charge in [0.1, 0.15) is 5.75 Å². The first-order valence-electron chi connectivity index (χ1n) is 12.2. The Morgan fingerprint density at radius 3 is 2.20 bits per heavy atom. The number of ether oxygens (including phenoxy) is 1. The summed E-state index contributed by atoms with van der Waals surface area (Å²) in [6, 6.07) is 21.4. The highest BCUT2D eigenvalue weighted by Crippen LogP contribution is 2.35.